The SMILES string of the molecule is Cc1cc(-c2cc3ccccc3cc2Nc2ccc(-c3ccccc3)cc2)c2c(c1)N(c1cc3c(cc1C)C(C)(C)CCC3(C)C)c1c(sc3cc4c(cc13)C(C)(C)CCC4(C)C)B2. The minimum absolute atomic E-state index is 0.0862. The van der Waals surface area contributed by atoms with Gasteiger partial charge in [-0.25, -0.2) is 0 Å². The van der Waals surface area contributed by atoms with Gasteiger partial charge in [-0.2, -0.15) is 0 Å². The molecule has 0 unspecified atom stereocenters. The number of nitrogens with one attached hydrogen (secondary N) is 1. The summed E-state index contributed by atoms with van der Waals surface area (Å²) in [5.41, 5.74) is 21.8. The molecule has 0 fully saturated rings. The average molecular weight is 853 g/mol. The molecule has 3 aliphatic rings. The first-order valence-electron chi connectivity index (χ1n) is 23.6. The second-order valence-electron chi connectivity index (χ2n) is 22.1. The molecule has 8 aromatic rings. The highest BCUT2D eigenvalue weighted by atomic mass is 32.1. The fourth-order valence-corrected chi connectivity index (χ4v) is 12.8. The first kappa shape index (κ1) is 41.2. The van der Waals surface area contributed by atoms with E-state index in [-0.39, 0.29) is 21.7 Å². The van der Waals surface area contributed by atoms with Crippen molar-refractivity contribution in [2.24, 2.45) is 0 Å². The van der Waals surface area contributed by atoms with Crippen LogP contribution in [-0.2, 0) is 21.7 Å². The molecule has 2 heterocycles. The first-order chi connectivity index (χ1) is 30.5. The summed E-state index contributed by atoms with van der Waals surface area (Å²) in [5, 5.41) is 7.83. The summed E-state index contributed by atoms with van der Waals surface area (Å²) in [7, 11) is 0.883. The molecule has 2 nitrogen and oxygen atoms in total. The lowest BCUT2D eigenvalue weighted by atomic mass is 9.61. The second-order valence-corrected chi connectivity index (χ2v) is 23.3. The van der Waals surface area contributed by atoms with Crippen molar-refractivity contribution in [2.75, 3.05) is 10.2 Å². The van der Waals surface area contributed by atoms with Gasteiger partial charge >= 0.3 is 0 Å². The third kappa shape index (κ3) is 6.65. The van der Waals surface area contributed by atoms with E-state index in [0.717, 1.165) is 18.7 Å². The maximum atomic E-state index is 3.95. The zero-order valence-electron chi connectivity index (χ0n) is 39.5. The van der Waals surface area contributed by atoms with Crippen molar-refractivity contribution in [1.82, 2.24) is 0 Å². The van der Waals surface area contributed by atoms with Crippen molar-refractivity contribution in [1.29, 1.82) is 0 Å². The van der Waals surface area contributed by atoms with Crippen LogP contribution in [0.25, 0.3) is 43.1 Å². The number of thiophene rings is 1. The van der Waals surface area contributed by atoms with E-state index in [4.69, 9.17) is 0 Å². The van der Waals surface area contributed by atoms with Crippen molar-refractivity contribution < 1.29 is 0 Å². The van der Waals surface area contributed by atoms with Gasteiger partial charge < -0.3 is 10.2 Å². The Hall–Kier alpha value is -5.58. The first-order valence-corrected chi connectivity index (χ1v) is 24.4. The van der Waals surface area contributed by atoms with Gasteiger partial charge in [0.1, 0.15) is 0 Å². The Morgan fingerprint density at radius 2 is 1.09 bits per heavy atom. The molecule has 0 spiro atoms. The molecule has 0 amide bonds. The van der Waals surface area contributed by atoms with Crippen LogP contribution in [0.3, 0.4) is 0 Å². The van der Waals surface area contributed by atoms with Crippen LogP contribution in [0.4, 0.5) is 28.4 Å². The Balaban J connectivity index is 1.15. The summed E-state index contributed by atoms with van der Waals surface area (Å²) in [5.74, 6) is 0. The van der Waals surface area contributed by atoms with E-state index in [9.17, 15) is 0 Å². The topological polar surface area (TPSA) is 15.3 Å². The fraction of sp³-hybridized carbons (Fsp3) is 0.300. The van der Waals surface area contributed by atoms with E-state index in [0.29, 0.717) is 0 Å². The van der Waals surface area contributed by atoms with Crippen molar-refractivity contribution in [3.05, 3.63) is 161 Å². The van der Waals surface area contributed by atoms with Gasteiger partial charge in [0.25, 0.3) is 0 Å². The molecule has 2 aliphatic carbocycles. The number of anilines is 5. The van der Waals surface area contributed by atoms with Gasteiger partial charge in [0.05, 0.1) is 5.69 Å². The normalized spacial score (nSPS) is 17.6. The van der Waals surface area contributed by atoms with Crippen LogP contribution < -0.4 is 20.5 Å². The lowest BCUT2D eigenvalue weighted by Gasteiger charge is -2.44. The lowest BCUT2D eigenvalue weighted by Crippen LogP contribution is -2.40. The van der Waals surface area contributed by atoms with Crippen LogP contribution in [0, 0.1) is 13.8 Å². The van der Waals surface area contributed by atoms with Crippen LogP contribution in [0.2, 0.25) is 0 Å². The highest BCUT2D eigenvalue weighted by Gasteiger charge is 2.41. The zero-order chi connectivity index (χ0) is 44.5. The molecule has 0 saturated carbocycles. The molecule has 7 aromatic carbocycles. The molecule has 4 heteroatoms. The van der Waals surface area contributed by atoms with Crippen LogP contribution in [0.15, 0.2) is 127 Å². The number of rotatable bonds is 5. The van der Waals surface area contributed by atoms with Gasteiger partial charge in [-0.15, -0.1) is 11.3 Å². The van der Waals surface area contributed by atoms with Crippen LogP contribution >= 0.6 is 11.3 Å². The molecule has 1 aromatic heterocycles. The van der Waals surface area contributed by atoms with Gasteiger partial charge in [0, 0.05) is 38.4 Å². The molecule has 0 bridgehead atoms. The Morgan fingerprint density at radius 3 is 1.75 bits per heavy atom. The van der Waals surface area contributed by atoms with Gasteiger partial charge in [0.2, 0.25) is 7.28 Å². The predicted octanol–water partition coefficient (Wildman–Crippen LogP) is 15.6. The molecule has 0 radical (unpaired) electrons. The smallest absolute Gasteiger partial charge is 0.211 e. The highest BCUT2D eigenvalue weighted by molar-refractivity contribution is 7.29. The summed E-state index contributed by atoms with van der Waals surface area (Å²) in [6.45, 7) is 24.4. The summed E-state index contributed by atoms with van der Waals surface area (Å²) < 4.78 is 2.86. The number of nitrogens with zero attached hydrogens (tertiary/aromatic N) is 1. The summed E-state index contributed by atoms with van der Waals surface area (Å²) in [4.78, 5) is 2.72. The molecule has 0 atom stereocenters. The average Bonchev–Trinajstić information content (AvgIpc) is 3.63. The Morgan fingerprint density at radius 1 is 0.531 bits per heavy atom. The van der Waals surface area contributed by atoms with Crippen LogP contribution in [-0.4, -0.2) is 7.28 Å². The number of fused-ring (bicyclic) bond motifs is 7. The fourth-order valence-electron chi connectivity index (χ4n) is 11.6. The molecule has 64 heavy (non-hydrogen) atoms. The van der Waals surface area contributed by atoms with Crippen molar-refractivity contribution in [2.45, 2.75) is 117 Å². The van der Waals surface area contributed by atoms with E-state index in [2.05, 4.69) is 207 Å². The maximum Gasteiger partial charge on any atom is 0.211 e. The molecule has 1 aliphatic heterocycles. The van der Waals surface area contributed by atoms with E-state index < -0.39 is 0 Å². The molecule has 1 N–H and O–H groups in total. The van der Waals surface area contributed by atoms with Crippen molar-refractivity contribution >= 4 is 78.2 Å². The van der Waals surface area contributed by atoms with Gasteiger partial charge in [-0.05, 0) is 181 Å². The minimum atomic E-state index is 0.0862. The molecular formula is C60H61BN2S. The predicted molar refractivity (Wildman–Crippen MR) is 281 cm³/mol. The molecule has 0 saturated heterocycles. The van der Waals surface area contributed by atoms with Gasteiger partial charge in [0.15, 0.2) is 0 Å². The third-order valence-corrected chi connectivity index (χ3v) is 16.9. The van der Waals surface area contributed by atoms with E-state index in [1.54, 1.807) is 0 Å². The molecular weight excluding hydrogens is 792 g/mol. The quantitative estimate of drug-likeness (QED) is 0.174. The number of hydrogen-bond donors (Lipinski definition) is 1. The Bertz CT molecular complexity index is 3180. The number of benzene rings is 7. The maximum absolute atomic E-state index is 3.95. The molecule has 11 rings (SSSR count). The standard InChI is InChI=1S/C60H61BN2S/c1-36-28-44(43-31-40-18-14-15-19-41(40)32-50(43)62-42-22-20-39(21-23-42)38-16-12-11-13-17-38)54-52(29-36)63(51-34-48-46(30-37(51)2)57(3,4)24-26-59(48,7)8)55-45-33-47-49(35-53(45)64-56(55)61-54)60(9,10)27-25-58(47,5)6/h11-23,28-35,61-62H,24-27H2,1-10H3. The summed E-state index contributed by atoms with van der Waals surface area (Å²) >= 11 is 2.03. The lowest BCUT2D eigenvalue weighted by molar-refractivity contribution is 0.332. The van der Waals surface area contributed by atoms with E-state index >= 15 is 0 Å². The van der Waals surface area contributed by atoms with Crippen LogP contribution in [0.1, 0.15) is 114 Å². The Kier molecular flexibility index (Phi) is 9.30. The monoisotopic (exact) mass is 852 g/mol. The van der Waals surface area contributed by atoms with Crippen molar-refractivity contribution in [3.63, 3.8) is 0 Å². The largest absolute Gasteiger partial charge is 0.355 e. The summed E-state index contributed by atoms with van der Waals surface area (Å²) in [6.07, 6.45) is 4.81. The highest BCUT2D eigenvalue weighted by Crippen LogP contribution is 2.53. The molecule has 320 valence electrons. The number of aryl methyl sites for hydroxylation is 2. The zero-order valence-corrected chi connectivity index (χ0v) is 40.3. The summed E-state index contributed by atoms with van der Waals surface area (Å²) in [6, 6.07) is 48.5. The van der Waals surface area contributed by atoms with Crippen molar-refractivity contribution in [3.8, 4) is 22.3 Å². The van der Waals surface area contributed by atoms with Gasteiger partial charge in [-0.1, -0.05) is 134 Å². The third-order valence-electron chi connectivity index (χ3n) is 15.7. The minimum Gasteiger partial charge on any atom is -0.355 e. The van der Waals surface area contributed by atoms with E-state index in [1.807, 2.05) is 11.3 Å². The second kappa shape index (κ2) is 14.5. The van der Waals surface area contributed by atoms with Gasteiger partial charge in [-0.3, -0.25) is 0 Å². The number of hydrogen-bond acceptors (Lipinski definition) is 3. The van der Waals surface area contributed by atoms with E-state index in [1.165, 1.54) is 129 Å². The Labute approximate surface area is 386 Å². The van der Waals surface area contributed by atoms with Crippen LogP contribution in [0.5, 0.6) is 0 Å².